The van der Waals surface area contributed by atoms with Gasteiger partial charge in [-0.25, -0.2) is 15.0 Å². The molecule has 0 saturated heterocycles. The topological polar surface area (TPSA) is 102 Å². The number of nitrogens with zero attached hydrogens (tertiary/aromatic N) is 4. The van der Waals surface area contributed by atoms with Crippen LogP contribution in [0.15, 0.2) is 67.0 Å². The van der Waals surface area contributed by atoms with Crippen molar-refractivity contribution in [2.24, 2.45) is 0 Å². The molecular weight excluding hydrogens is 398 g/mol. The standard InChI is InChI=1S/C22H20ClN7/c1-14-12-26-21(24)30-20(14)15-6-8-17(9-7-15)28-19-10-11-25-22(29-19)27-13-16-4-2-3-5-18(16)23/h2-12H,13H2,1H3,(H2,24,26,30)(H2,25,27,28,29). The molecule has 0 unspecified atom stereocenters. The van der Waals surface area contributed by atoms with E-state index in [9.17, 15) is 0 Å². The fraction of sp³-hybridized carbons (Fsp3) is 0.0909. The molecule has 0 fully saturated rings. The lowest BCUT2D eigenvalue weighted by molar-refractivity contribution is 1.06. The second-order valence-electron chi connectivity index (χ2n) is 6.67. The van der Waals surface area contributed by atoms with Crippen LogP contribution in [0.4, 0.5) is 23.4 Å². The molecule has 2 aromatic carbocycles. The van der Waals surface area contributed by atoms with Crippen molar-refractivity contribution in [2.75, 3.05) is 16.4 Å². The van der Waals surface area contributed by atoms with Crippen molar-refractivity contribution < 1.29 is 0 Å². The van der Waals surface area contributed by atoms with Crippen LogP contribution in [0.2, 0.25) is 5.02 Å². The van der Waals surface area contributed by atoms with Crippen molar-refractivity contribution in [1.82, 2.24) is 19.9 Å². The molecule has 30 heavy (non-hydrogen) atoms. The minimum absolute atomic E-state index is 0.260. The summed E-state index contributed by atoms with van der Waals surface area (Å²) in [5, 5.41) is 7.19. The van der Waals surface area contributed by atoms with Crippen LogP contribution in [0.3, 0.4) is 0 Å². The number of nitrogen functional groups attached to an aromatic ring is 1. The first-order valence-corrected chi connectivity index (χ1v) is 9.73. The largest absolute Gasteiger partial charge is 0.368 e. The fourth-order valence-electron chi connectivity index (χ4n) is 2.94. The lowest BCUT2D eigenvalue weighted by atomic mass is 10.1. The summed E-state index contributed by atoms with van der Waals surface area (Å²) < 4.78 is 0. The van der Waals surface area contributed by atoms with Crippen molar-refractivity contribution in [3.63, 3.8) is 0 Å². The Balaban J connectivity index is 1.45. The highest BCUT2D eigenvalue weighted by Gasteiger charge is 2.06. The molecule has 8 heteroatoms. The molecular formula is C22H20ClN7. The van der Waals surface area contributed by atoms with Gasteiger partial charge >= 0.3 is 0 Å². The van der Waals surface area contributed by atoms with E-state index in [2.05, 4.69) is 30.6 Å². The third-order valence-corrected chi connectivity index (χ3v) is 4.84. The number of benzene rings is 2. The molecule has 0 atom stereocenters. The Kier molecular flexibility index (Phi) is 5.72. The van der Waals surface area contributed by atoms with Crippen LogP contribution in [-0.2, 0) is 6.54 Å². The van der Waals surface area contributed by atoms with E-state index in [0.717, 1.165) is 28.1 Å². The molecule has 0 bridgehead atoms. The van der Waals surface area contributed by atoms with Gasteiger partial charge in [-0.15, -0.1) is 0 Å². The van der Waals surface area contributed by atoms with Gasteiger partial charge in [-0.1, -0.05) is 41.9 Å². The number of aromatic nitrogens is 4. The van der Waals surface area contributed by atoms with Crippen LogP contribution in [0.5, 0.6) is 0 Å². The first-order valence-electron chi connectivity index (χ1n) is 9.35. The molecule has 150 valence electrons. The molecule has 7 nitrogen and oxygen atoms in total. The van der Waals surface area contributed by atoms with E-state index in [1.165, 1.54) is 0 Å². The van der Waals surface area contributed by atoms with Crippen LogP contribution < -0.4 is 16.4 Å². The number of halogens is 1. The van der Waals surface area contributed by atoms with Gasteiger partial charge in [0.25, 0.3) is 0 Å². The van der Waals surface area contributed by atoms with Gasteiger partial charge in [-0.05, 0) is 42.3 Å². The van der Waals surface area contributed by atoms with Crippen LogP contribution >= 0.6 is 11.6 Å². The number of nitrogens with two attached hydrogens (primary N) is 1. The summed E-state index contributed by atoms with van der Waals surface area (Å²) in [6.07, 6.45) is 3.42. The van der Waals surface area contributed by atoms with Crippen molar-refractivity contribution in [1.29, 1.82) is 0 Å². The molecule has 0 aliphatic heterocycles. The van der Waals surface area contributed by atoms with Crippen molar-refractivity contribution in [3.05, 3.63) is 83.1 Å². The number of anilines is 4. The van der Waals surface area contributed by atoms with Crippen molar-refractivity contribution in [3.8, 4) is 11.3 Å². The minimum atomic E-state index is 0.260. The zero-order chi connectivity index (χ0) is 20.9. The smallest absolute Gasteiger partial charge is 0.224 e. The number of nitrogens with one attached hydrogen (secondary N) is 2. The normalized spacial score (nSPS) is 10.6. The summed E-state index contributed by atoms with van der Waals surface area (Å²) in [5.41, 5.74) is 10.4. The molecule has 0 radical (unpaired) electrons. The summed E-state index contributed by atoms with van der Waals surface area (Å²) >= 11 is 6.20. The van der Waals surface area contributed by atoms with Gasteiger partial charge < -0.3 is 16.4 Å². The molecule has 4 rings (SSSR count). The Morgan fingerprint density at radius 1 is 0.967 bits per heavy atom. The maximum absolute atomic E-state index is 6.20. The van der Waals surface area contributed by atoms with Crippen molar-refractivity contribution in [2.45, 2.75) is 13.5 Å². The predicted molar refractivity (Wildman–Crippen MR) is 121 cm³/mol. The first kappa shape index (κ1) is 19.6. The highest BCUT2D eigenvalue weighted by molar-refractivity contribution is 6.31. The van der Waals surface area contributed by atoms with Crippen LogP contribution in [0, 0.1) is 6.92 Å². The number of hydrogen-bond donors (Lipinski definition) is 3. The average Bonchev–Trinajstić information content (AvgIpc) is 2.76. The maximum atomic E-state index is 6.20. The van der Waals surface area contributed by atoms with Gasteiger partial charge in [0.2, 0.25) is 11.9 Å². The lowest BCUT2D eigenvalue weighted by Gasteiger charge is -2.10. The van der Waals surface area contributed by atoms with E-state index in [4.69, 9.17) is 17.3 Å². The Morgan fingerprint density at radius 2 is 1.77 bits per heavy atom. The minimum Gasteiger partial charge on any atom is -0.368 e. The van der Waals surface area contributed by atoms with E-state index < -0.39 is 0 Å². The molecule has 0 aliphatic carbocycles. The number of rotatable bonds is 6. The van der Waals surface area contributed by atoms with Gasteiger partial charge in [0.15, 0.2) is 0 Å². The number of aryl methyl sites for hydroxylation is 1. The monoisotopic (exact) mass is 417 g/mol. The van der Waals surface area contributed by atoms with Gasteiger partial charge in [0, 0.05) is 35.2 Å². The Morgan fingerprint density at radius 3 is 2.57 bits per heavy atom. The molecule has 4 N–H and O–H groups in total. The second kappa shape index (κ2) is 8.75. The summed E-state index contributed by atoms with van der Waals surface area (Å²) in [5.74, 6) is 1.46. The molecule has 0 aliphatic rings. The maximum Gasteiger partial charge on any atom is 0.224 e. The summed E-state index contributed by atoms with van der Waals surface area (Å²) in [4.78, 5) is 17.1. The van der Waals surface area contributed by atoms with Gasteiger partial charge in [0.05, 0.1) is 5.69 Å². The van der Waals surface area contributed by atoms with Gasteiger partial charge in [0.1, 0.15) is 5.82 Å². The quantitative estimate of drug-likeness (QED) is 0.412. The Labute approximate surface area is 179 Å². The Hall–Kier alpha value is -3.71. The van der Waals surface area contributed by atoms with Crippen LogP contribution in [0.25, 0.3) is 11.3 Å². The highest BCUT2D eigenvalue weighted by Crippen LogP contribution is 2.24. The molecule has 2 heterocycles. The van der Waals surface area contributed by atoms with E-state index in [-0.39, 0.29) is 5.95 Å². The third kappa shape index (κ3) is 4.64. The van der Waals surface area contributed by atoms with Crippen LogP contribution in [-0.4, -0.2) is 19.9 Å². The van der Waals surface area contributed by atoms with E-state index in [1.54, 1.807) is 12.4 Å². The fourth-order valence-corrected chi connectivity index (χ4v) is 3.14. The molecule has 2 aromatic heterocycles. The summed E-state index contributed by atoms with van der Waals surface area (Å²) in [6.45, 7) is 2.50. The highest BCUT2D eigenvalue weighted by atomic mass is 35.5. The van der Waals surface area contributed by atoms with E-state index in [0.29, 0.717) is 23.3 Å². The second-order valence-corrected chi connectivity index (χ2v) is 7.08. The third-order valence-electron chi connectivity index (χ3n) is 4.47. The molecule has 0 spiro atoms. The summed E-state index contributed by atoms with van der Waals surface area (Å²) in [6, 6.07) is 17.4. The van der Waals surface area contributed by atoms with E-state index in [1.807, 2.05) is 61.5 Å². The molecule has 0 amide bonds. The van der Waals surface area contributed by atoms with Gasteiger partial charge in [-0.2, -0.15) is 4.98 Å². The SMILES string of the molecule is Cc1cnc(N)nc1-c1ccc(Nc2ccnc(NCc3ccccc3Cl)n2)cc1. The summed E-state index contributed by atoms with van der Waals surface area (Å²) in [7, 11) is 0. The zero-order valence-corrected chi connectivity index (χ0v) is 17.1. The lowest BCUT2D eigenvalue weighted by Crippen LogP contribution is -2.05. The van der Waals surface area contributed by atoms with E-state index >= 15 is 0 Å². The predicted octanol–water partition coefficient (Wildman–Crippen LogP) is 4.83. The molecule has 0 saturated carbocycles. The van der Waals surface area contributed by atoms with Crippen LogP contribution in [0.1, 0.15) is 11.1 Å². The van der Waals surface area contributed by atoms with Crippen molar-refractivity contribution >= 4 is 35.0 Å². The Bertz CT molecular complexity index is 1160. The zero-order valence-electron chi connectivity index (χ0n) is 16.3. The first-order chi connectivity index (χ1) is 14.6. The molecule has 4 aromatic rings. The number of hydrogen-bond acceptors (Lipinski definition) is 7. The average molecular weight is 418 g/mol. The van der Waals surface area contributed by atoms with Gasteiger partial charge in [-0.3, -0.25) is 0 Å².